The normalized spacial score (nSPS) is 17.0. The van der Waals surface area contributed by atoms with E-state index in [0.717, 1.165) is 13.2 Å². The molecule has 5 nitrogen and oxygen atoms in total. The van der Waals surface area contributed by atoms with Crippen LogP contribution in [0.25, 0.3) is 10.9 Å². The van der Waals surface area contributed by atoms with Crippen molar-refractivity contribution in [2.45, 2.75) is 19.4 Å². The van der Waals surface area contributed by atoms with Gasteiger partial charge in [-0.2, -0.15) is 0 Å². The van der Waals surface area contributed by atoms with Crippen molar-refractivity contribution in [3.63, 3.8) is 0 Å². The van der Waals surface area contributed by atoms with Crippen LogP contribution in [0.5, 0.6) is 0 Å². The Morgan fingerprint density at radius 2 is 2.09 bits per heavy atom. The molecule has 1 aliphatic heterocycles. The van der Waals surface area contributed by atoms with Gasteiger partial charge in [-0.3, -0.25) is 9.47 Å². The van der Waals surface area contributed by atoms with Gasteiger partial charge in [0.15, 0.2) is 11.6 Å². The maximum atomic E-state index is 14.1. The van der Waals surface area contributed by atoms with Crippen molar-refractivity contribution in [2.24, 2.45) is 0 Å². The third-order valence-corrected chi connectivity index (χ3v) is 4.14. The van der Waals surface area contributed by atoms with E-state index >= 15 is 0 Å². The zero-order chi connectivity index (χ0) is 16.2. The molecule has 22 heavy (non-hydrogen) atoms. The van der Waals surface area contributed by atoms with Crippen LogP contribution in [0.3, 0.4) is 0 Å². The van der Waals surface area contributed by atoms with Gasteiger partial charge in [0.05, 0.1) is 18.0 Å². The van der Waals surface area contributed by atoms with E-state index in [9.17, 15) is 18.4 Å². The Bertz CT molecular complexity index is 860. The Morgan fingerprint density at radius 3 is 2.73 bits per heavy atom. The molecular formula is C15H14F2N2O3. The van der Waals surface area contributed by atoms with Crippen LogP contribution in [0.1, 0.15) is 22.8 Å². The van der Waals surface area contributed by atoms with Gasteiger partial charge in [0.25, 0.3) is 0 Å². The van der Waals surface area contributed by atoms with Crippen LogP contribution in [0.2, 0.25) is 0 Å². The highest BCUT2D eigenvalue weighted by Gasteiger charge is 2.29. The van der Waals surface area contributed by atoms with E-state index in [4.69, 9.17) is 0 Å². The van der Waals surface area contributed by atoms with E-state index in [2.05, 4.69) is 4.74 Å². The van der Waals surface area contributed by atoms with Gasteiger partial charge in [-0.25, -0.2) is 13.6 Å². The highest BCUT2D eigenvalue weighted by atomic mass is 19.2. The third kappa shape index (κ3) is 1.81. The van der Waals surface area contributed by atoms with Crippen LogP contribution >= 0.6 is 0 Å². The number of hydrogen-bond donors (Lipinski definition) is 0. The number of methoxy groups -OCH3 is 1. The van der Waals surface area contributed by atoms with Crippen LogP contribution in [-0.2, 0) is 11.2 Å². The zero-order valence-corrected chi connectivity index (χ0v) is 12.3. The molecule has 1 aliphatic rings. The SMILES string of the molecule is COC(=O)c1cn2c3c(c(F)c(F)cc3c1=O)CC(C)N2C. The van der Waals surface area contributed by atoms with Crippen molar-refractivity contribution in [2.75, 3.05) is 19.2 Å². The molecule has 0 radical (unpaired) electrons. The van der Waals surface area contributed by atoms with Crippen molar-refractivity contribution in [1.82, 2.24) is 4.68 Å². The lowest BCUT2D eigenvalue weighted by Gasteiger charge is -2.36. The summed E-state index contributed by atoms with van der Waals surface area (Å²) in [6, 6.07) is 0.712. The molecule has 0 spiro atoms. The minimum Gasteiger partial charge on any atom is -0.465 e. The smallest absolute Gasteiger partial charge is 0.343 e. The fraction of sp³-hybridized carbons (Fsp3) is 0.333. The number of nitrogens with zero attached hydrogens (tertiary/aromatic N) is 2. The Labute approximate surface area is 124 Å². The van der Waals surface area contributed by atoms with Crippen molar-refractivity contribution in [3.8, 4) is 0 Å². The van der Waals surface area contributed by atoms with Crippen LogP contribution < -0.4 is 10.4 Å². The van der Waals surface area contributed by atoms with E-state index in [1.54, 1.807) is 12.1 Å². The van der Waals surface area contributed by atoms with Crippen molar-refractivity contribution in [3.05, 3.63) is 45.2 Å². The van der Waals surface area contributed by atoms with Gasteiger partial charge >= 0.3 is 5.97 Å². The van der Waals surface area contributed by atoms with Crippen LogP contribution in [0.4, 0.5) is 8.78 Å². The first-order valence-corrected chi connectivity index (χ1v) is 6.74. The summed E-state index contributed by atoms with van der Waals surface area (Å²) in [4.78, 5) is 24.2. The Hall–Kier alpha value is -2.44. The van der Waals surface area contributed by atoms with Crippen molar-refractivity contribution < 1.29 is 18.3 Å². The summed E-state index contributed by atoms with van der Waals surface area (Å²) in [7, 11) is 2.91. The molecule has 2 heterocycles. The highest BCUT2D eigenvalue weighted by molar-refractivity contribution is 5.95. The predicted octanol–water partition coefficient (Wildman–Crippen LogP) is 1.58. The number of esters is 1. The average molecular weight is 308 g/mol. The molecule has 1 atom stereocenters. The molecule has 0 amide bonds. The number of carbonyl (C=O) groups is 1. The Kier molecular flexibility index (Phi) is 3.16. The van der Waals surface area contributed by atoms with Crippen LogP contribution in [0, 0.1) is 11.6 Å². The molecule has 0 aliphatic carbocycles. The second-order valence-electron chi connectivity index (χ2n) is 5.38. The van der Waals surface area contributed by atoms with Crippen LogP contribution in [0.15, 0.2) is 17.1 Å². The highest BCUT2D eigenvalue weighted by Crippen LogP contribution is 2.28. The summed E-state index contributed by atoms with van der Waals surface area (Å²) in [5.74, 6) is -2.86. The van der Waals surface area contributed by atoms with Gasteiger partial charge in [0, 0.05) is 24.8 Å². The summed E-state index contributed by atoms with van der Waals surface area (Å²) < 4.78 is 34.0. The fourth-order valence-corrected chi connectivity index (χ4v) is 2.82. The number of benzene rings is 1. The maximum absolute atomic E-state index is 14.1. The van der Waals surface area contributed by atoms with E-state index in [1.165, 1.54) is 10.9 Å². The lowest BCUT2D eigenvalue weighted by Crippen LogP contribution is -2.45. The number of pyridine rings is 1. The molecule has 7 heteroatoms. The lowest BCUT2D eigenvalue weighted by molar-refractivity contribution is 0.0598. The average Bonchev–Trinajstić information content (AvgIpc) is 2.50. The number of rotatable bonds is 1. The third-order valence-electron chi connectivity index (χ3n) is 4.14. The van der Waals surface area contributed by atoms with Gasteiger partial charge in [-0.05, 0) is 19.4 Å². The molecule has 0 bridgehead atoms. The number of hydrogen-bond acceptors (Lipinski definition) is 4. The van der Waals surface area contributed by atoms with E-state index in [1.807, 2.05) is 6.92 Å². The minimum atomic E-state index is -1.09. The second kappa shape index (κ2) is 4.79. The first kappa shape index (κ1) is 14.5. The molecule has 1 aromatic carbocycles. The molecule has 0 fully saturated rings. The van der Waals surface area contributed by atoms with Gasteiger partial charge in [0.2, 0.25) is 5.43 Å². The predicted molar refractivity (Wildman–Crippen MR) is 76.8 cm³/mol. The molecule has 3 rings (SSSR count). The molecule has 0 saturated carbocycles. The van der Waals surface area contributed by atoms with Gasteiger partial charge in [0.1, 0.15) is 5.56 Å². The Morgan fingerprint density at radius 1 is 1.41 bits per heavy atom. The molecular weight excluding hydrogens is 294 g/mol. The van der Waals surface area contributed by atoms with E-state index < -0.39 is 23.0 Å². The molecule has 2 aromatic rings. The number of carbonyl (C=O) groups excluding carboxylic acids is 1. The summed E-state index contributed by atoms with van der Waals surface area (Å²) in [5, 5.41) is 1.73. The first-order valence-electron chi connectivity index (χ1n) is 6.74. The largest absolute Gasteiger partial charge is 0.465 e. The molecule has 1 aromatic heterocycles. The molecule has 1 unspecified atom stereocenters. The number of likely N-dealkylation sites (N-methyl/N-ethyl adjacent to an activating group) is 1. The molecule has 0 saturated heterocycles. The lowest BCUT2D eigenvalue weighted by atomic mass is 9.98. The summed E-state index contributed by atoms with van der Waals surface area (Å²) in [6.45, 7) is 1.84. The molecule has 0 N–H and O–H groups in total. The van der Waals surface area contributed by atoms with Crippen molar-refractivity contribution in [1.29, 1.82) is 0 Å². The minimum absolute atomic E-state index is 0.0319. The maximum Gasteiger partial charge on any atom is 0.343 e. The monoisotopic (exact) mass is 308 g/mol. The first-order chi connectivity index (χ1) is 10.4. The Balaban J connectivity index is 2.51. The van der Waals surface area contributed by atoms with E-state index in [-0.39, 0.29) is 34.5 Å². The van der Waals surface area contributed by atoms with Gasteiger partial charge in [-0.15, -0.1) is 0 Å². The quantitative estimate of drug-likeness (QED) is 0.751. The molecule has 116 valence electrons. The van der Waals surface area contributed by atoms with Gasteiger partial charge in [-0.1, -0.05) is 0 Å². The van der Waals surface area contributed by atoms with E-state index in [0.29, 0.717) is 0 Å². The topological polar surface area (TPSA) is 51.5 Å². The second-order valence-corrected chi connectivity index (χ2v) is 5.38. The van der Waals surface area contributed by atoms with Crippen LogP contribution in [-0.4, -0.2) is 30.8 Å². The number of aromatic nitrogens is 1. The number of halogens is 2. The summed E-state index contributed by atoms with van der Waals surface area (Å²) in [6.07, 6.45) is 1.58. The standard InChI is InChI=1S/C15H14F2N2O3/c1-7-4-8-12(17)11(16)5-9-13(8)19(18(7)2)6-10(14(9)20)15(21)22-3/h5-7H,4H2,1-3H3. The van der Waals surface area contributed by atoms with Gasteiger partial charge < -0.3 is 9.75 Å². The number of ether oxygens (including phenoxy) is 1. The summed E-state index contributed by atoms with van der Waals surface area (Å²) >= 11 is 0. The van der Waals surface area contributed by atoms with Crippen molar-refractivity contribution >= 4 is 16.9 Å². The zero-order valence-electron chi connectivity index (χ0n) is 12.3. The fourth-order valence-electron chi connectivity index (χ4n) is 2.82. The summed E-state index contributed by atoms with van der Waals surface area (Å²) in [5.41, 5.74) is -0.444.